The molecule has 0 amide bonds. The van der Waals surface area contributed by atoms with Crippen molar-refractivity contribution in [2.45, 2.75) is 71.5 Å². The summed E-state index contributed by atoms with van der Waals surface area (Å²) in [5, 5.41) is 3.78. The molecular weight excluding hydrogens is 208 g/mol. The van der Waals surface area contributed by atoms with Crippen LogP contribution < -0.4 is 5.32 Å². The first-order chi connectivity index (χ1) is 7.95. The van der Waals surface area contributed by atoms with Gasteiger partial charge in [0.05, 0.1) is 0 Å². The summed E-state index contributed by atoms with van der Waals surface area (Å²) in [6.45, 7) is 14.2. The molecule has 0 radical (unpaired) electrons. The van der Waals surface area contributed by atoms with Crippen molar-refractivity contribution < 1.29 is 0 Å². The van der Waals surface area contributed by atoms with Gasteiger partial charge in [0.1, 0.15) is 0 Å². The zero-order chi connectivity index (χ0) is 12.6. The van der Waals surface area contributed by atoms with Gasteiger partial charge in [0.15, 0.2) is 0 Å². The third-order valence-electron chi connectivity index (χ3n) is 5.06. The number of piperazine rings is 1. The maximum absolute atomic E-state index is 3.78. The highest BCUT2D eigenvalue weighted by atomic mass is 15.3. The summed E-state index contributed by atoms with van der Waals surface area (Å²) < 4.78 is 0. The van der Waals surface area contributed by atoms with Crippen LogP contribution in [-0.4, -0.2) is 35.6 Å². The maximum atomic E-state index is 3.78. The second-order valence-corrected chi connectivity index (χ2v) is 7.01. The van der Waals surface area contributed by atoms with Crippen molar-refractivity contribution in [2.24, 2.45) is 11.8 Å². The topological polar surface area (TPSA) is 15.3 Å². The normalized spacial score (nSPS) is 43.8. The van der Waals surface area contributed by atoms with E-state index in [0.717, 1.165) is 23.9 Å². The molecule has 0 bridgehead atoms. The van der Waals surface area contributed by atoms with Gasteiger partial charge in [-0.2, -0.15) is 0 Å². The van der Waals surface area contributed by atoms with Crippen LogP contribution in [0.5, 0.6) is 0 Å². The van der Waals surface area contributed by atoms with Crippen molar-refractivity contribution in [3.63, 3.8) is 0 Å². The van der Waals surface area contributed by atoms with Crippen molar-refractivity contribution in [3.8, 4) is 0 Å². The van der Waals surface area contributed by atoms with Crippen LogP contribution in [0.3, 0.4) is 0 Å². The molecule has 2 aliphatic rings. The second-order valence-electron chi connectivity index (χ2n) is 7.01. The molecular formula is C15H30N2. The zero-order valence-corrected chi connectivity index (χ0v) is 12.3. The largest absolute Gasteiger partial charge is 0.309 e. The minimum Gasteiger partial charge on any atom is -0.309 e. The number of nitrogens with one attached hydrogen (secondary N) is 1. The molecule has 1 N–H and O–H groups in total. The highest BCUT2D eigenvalue weighted by molar-refractivity contribution is 5.00. The molecule has 1 saturated carbocycles. The lowest BCUT2D eigenvalue weighted by atomic mass is 9.77. The lowest BCUT2D eigenvalue weighted by molar-refractivity contribution is -0.0199. The lowest BCUT2D eigenvalue weighted by Crippen LogP contribution is -2.67. The summed E-state index contributed by atoms with van der Waals surface area (Å²) in [6, 6.07) is 1.61. The molecule has 0 spiro atoms. The Hall–Kier alpha value is -0.0800. The summed E-state index contributed by atoms with van der Waals surface area (Å²) >= 11 is 0. The van der Waals surface area contributed by atoms with Gasteiger partial charge in [-0.15, -0.1) is 0 Å². The zero-order valence-electron chi connectivity index (χ0n) is 12.3. The van der Waals surface area contributed by atoms with Crippen LogP contribution in [0.1, 0.15) is 53.9 Å². The lowest BCUT2D eigenvalue weighted by Gasteiger charge is -2.54. The van der Waals surface area contributed by atoms with Crippen molar-refractivity contribution in [3.05, 3.63) is 0 Å². The van der Waals surface area contributed by atoms with E-state index in [1.807, 2.05) is 0 Å². The molecule has 1 saturated heterocycles. The molecule has 100 valence electrons. The fourth-order valence-corrected chi connectivity index (χ4v) is 3.43. The molecule has 2 nitrogen and oxygen atoms in total. The first kappa shape index (κ1) is 13.4. The second kappa shape index (κ2) is 4.89. The van der Waals surface area contributed by atoms with Crippen LogP contribution in [0.4, 0.5) is 0 Å². The Morgan fingerprint density at radius 1 is 1.35 bits per heavy atom. The van der Waals surface area contributed by atoms with E-state index in [2.05, 4.69) is 44.8 Å². The van der Waals surface area contributed by atoms with Gasteiger partial charge in [0, 0.05) is 30.7 Å². The quantitative estimate of drug-likeness (QED) is 0.813. The Morgan fingerprint density at radius 2 is 2.00 bits per heavy atom. The Balaban J connectivity index is 2.05. The van der Waals surface area contributed by atoms with Crippen LogP contribution in [0, 0.1) is 11.8 Å². The molecule has 1 aliphatic carbocycles. The van der Waals surface area contributed by atoms with Crippen LogP contribution in [-0.2, 0) is 0 Å². The molecule has 1 aliphatic heterocycles. The molecule has 1 heterocycles. The fraction of sp³-hybridized carbons (Fsp3) is 1.00. The van der Waals surface area contributed by atoms with Crippen molar-refractivity contribution in [2.75, 3.05) is 13.1 Å². The summed E-state index contributed by atoms with van der Waals surface area (Å²) in [7, 11) is 0. The van der Waals surface area contributed by atoms with Gasteiger partial charge in [-0.25, -0.2) is 0 Å². The minimum atomic E-state index is 0.338. The first-order valence-electron chi connectivity index (χ1n) is 7.46. The average molecular weight is 238 g/mol. The monoisotopic (exact) mass is 238 g/mol. The van der Waals surface area contributed by atoms with Gasteiger partial charge in [-0.05, 0) is 38.0 Å². The van der Waals surface area contributed by atoms with Crippen molar-refractivity contribution >= 4 is 0 Å². The highest BCUT2D eigenvalue weighted by Crippen LogP contribution is 2.36. The molecule has 17 heavy (non-hydrogen) atoms. The molecule has 2 unspecified atom stereocenters. The van der Waals surface area contributed by atoms with Gasteiger partial charge in [0.2, 0.25) is 0 Å². The number of rotatable bonds is 3. The van der Waals surface area contributed by atoms with E-state index in [-0.39, 0.29) is 0 Å². The van der Waals surface area contributed by atoms with Crippen molar-refractivity contribution in [1.82, 2.24) is 10.2 Å². The maximum Gasteiger partial charge on any atom is 0.0278 e. The highest BCUT2D eigenvalue weighted by Gasteiger charge is 2.42. The molecule has 0 aromatic heterocycles. The van der Waals surface area contributed by atoms with E-state index in [1.54, 1.807) is 0 Å². The SMILES string of the molecule is CCC1(C)CN(C2CC(C)C2)C(C(C)C)CN1. The predicted molar refractivity (Wildman–Crippen MR) is 74.2 cm³/mol. The molecule has 0 aromatic carbocycles. The van der Waals surface area contributed by atoms with Crippen LogP contribution >= 0.6 is 0 Å². The average Bonchev–Trinajstić information content (AvgIpc) is 2.24. The third-order valence-corrected chi connectivity index (χ3v) is 5.06. The standard InChI is InChI=1S/C15H30N2/c1-6-15(5)10-17(13-7-12(4)8-13)14(9-16-15)11(2)3/h11-14,16H,6-10H2,1-5H3. The Morgan fingerprint density at radius 3 is 2.47 bits per heavy atom. The predicted octanol–water partition coefficient (Wildman–Crippen LogP) is 2.88. The van der Waals surface area contributed by atoms with E-state index in [0.29, 0.717) is 5.54 Å². The van der Waals surface area contributed by atoms with Crippen LogP contribution in [0.25, 0.3) is 0 Å². The van der Waals surface area contributed by atoms with E-state index < -0.39 is 0 Å². The van der Waals surface area contributed by atoms with Gasteiger partial charge < -0.3 is 5.32 Å². The summed E-state index contributed by atoms with van der Waals surface area (Å²) in [4.78, 5) is 2.82. The number of hydrogen-bond donors (Lipinski definition) is 1. The summed E-state index contributed by atoms with van der Waals surface area (Å²) in [5.41, 5.74) is 0.338. The summed E-state index contributed by atoms with van der Waals surface area (Å²) in [5.74, 6) is 1.72. The van der Waals surface area contributed by atoms with E-state index in [1.165, 1.54) is 32.4 Å². The van der Waals surface area contributed by atoms with Crippen LogP contribution in [0.15, 0.2) is 0 Å². The van der Waals surface area contributed by atoms with E-state index >= 15 is 0 Å². The van der Waals surface area contributed by atoms with Gasteiger partial charge in [-0.1, -0.05) is 27.7 Å². The third kappa shape index (κ3) is 2.68. The number of nitrogens with zero attached hydrogens (tertiary/aromatic N) is 1. The molecule has 2 atom stereocenters. The van der Waals surface area contributed by atoms with Crippen LogP contribution in [0.2, 0.25) is 0 Å². The Labute approximate surface area is 107 Å². The van der Waals surface area contributed by atoms with Gasteiger partial charge in [0.25, 0.3) is 0 Å². The van der Waals surface area contributed by atoms with Gasteiger partial charge >= 0.3 is 0 Å². The van der Waals surface area contributed by atoms with E-state index in [4.69, 9.17) is 0 Å². The minimum absolute atomic E-state index is 0.338. The Bertz CT molecular complexity index is 258. The summed E-state index contributed by atoms with van der Waals surface area (Å²) in [6.07, 6.45) is 4.07. The first-order valence-corrected chi connectivity index (χ1v) is 7.46. The molecule has 2 heteroatoms. The smallest absolute Gasteiger partial charge is 0.0278 e. The molecule has 2 fully saturated rings. The number of hydrogen-bond acceptors (Lipinski definition) is 2. The van der Waals surface area contributed by atoms with E-state index in [9.17, 15) is 0 Å². The molecule has 2 rings (SSSR count). The van der Waals surface area contributed by atoms with Gasteiger partial charge in [-0.3, -0.25) is 4.90 Å². The Kier molecular flexibility index (Phi) is 3.84. The molecule has 0 aromatic rings. The fourth-order valence-electron chi connectivity index (χ4n) is 3.43. The van der Waals surface area contributed by atoms with Crippen molar-refractivity contribution in [1.29, 1.82) is 0 Å².